The number of likely N-dealkylation sites (tertiary alicyclic amines) is 1. The van der Waals surface area contributed by atoms with E-state index < -0.39 is 0 Å². The molecule has 4 nitrogen and oxygen atoms in total. The molecule has 1 unspecified atom stereocenters. The van der Waals surface area contributed by atoms with Crippen LogP contribution in [-0.2, 0) is 9.59 Å². The second-order valence-electron chi connectivity index (χ2n) is 2.96. The third-order valence-corrected chi connectivity index (χ3v) is 2.04. The molecule has 1 aliphatic rings. The van der Waals surface area contributed by atoms with Gasteiger partial charge in [-0.2, -0.15) is 0 Å². The lowest BCUT2D eigenvalue weighted by Crippen LogP contribution is -2.37. The van der Waals surface area contributed by atoms with E-state index in [1.165, 1.54) is 7.05 Å². The van der Waals surface area contributed by atoms with Gasteiger partial charge in [-0.05, 0) is 0 Å². The Kier molecular flexibility index (Phi) is 3.04. The van der Waals surface area contributed by atoms with Crippen LogP contribution in [0.2, 0.25) is 0 Å². The number of hydrogen-bond donors (Lipinski definition) is 1. The number of rotatable bonds is 3. The van der Waals surface area contributed by atoms with Crippen LogP contribution in [0.4, 0.5) is 0 Å². The minimum atomic E-state index is -0.370. The Morgan fingerprint density at radius 2 is 2.38 bits per heavy atom. The van der Waals surface area contributed by atoms with Crippen molar-refractivity contribution in [1.29, 1.82) is 0 Å². The highest BCUT2D eigenvalue weighted by molar-refractivity contribution is 6.05. The van der Waals surface area contributed by atoms with Crippen molar-refractivity contribution in [1.82, 2.24) is 10.2 Å². The molecule has 0 aromatic carbocycles. The van der Waals surface area contributed by atoms with E-state index in [1.807, 2.05) is 0 Å². The summed E-state index contributed by atoms with van der Waals surface area (Å²) in [6, 6.07) is -0.370. The van der Waals surface area contributed by atoms with Crippen molar-refractivity contribution in [3.63, 3.8) is 0 Å². The summed E-state index contributed by atoms with van der Waals surface area (Å²) >= 11 is 0. The van der Waals surface area contributed by atoms with Crippen LogP contribution in [0.15, 0.2) is 0 Å². The van der Waals surface area contributed by atoms with Gasteiger partial charge in [0.2, 0.25) is 11.8 Å². The highest BCUT2D eigenvalue weighted by Gasteiger charge is 2.35. The highest BCUT2D eigenvalue weighted by atomic mass is 16.2. The maximum Gasteiger partial charge on any atom is 0.246 e. The third-order valence-electron chi connectivity index (χ3n) is 2.04. The lowest BCUT2D eigenvalue weighted by Gasteiger charge is -2.09. The SMILES string of the molecule is C#CCCNC1CC(=O)N(C)C1=O. The molecule has 1 aliphatic heterocycles. The van der Waals surface area contributed by atoms with Gasteiger partial charge in [0.1, 0.15) is 0 Å². The standard InChI is InChI=1S/C9H12N2O2/c1-3-4-5-10-7-6-8(12)11(2)9(7)13/h1,7,10H,4-6H2,2H3. The Morgan fingerprint density at radius 1 is 1.69 bits per heavy atom. The average Bonchev–Trinajstić information content (AvgIpc) is 2.34. The number of imide groups is 1. The monoisotopic (exact) mass is 180 g/mol. The van der Waals surface area contributed by atoms with Crippen molar-refractivity contribution < 1.29 is 9.59 Å². The third kappa shape index (κ3) is 2.07. The van der Waals surface area contributed by atoms with Crippen molar-refractivity contribution in [2.24, 2.45) is 0 Å². The first-order valence-corrected chi connectivity index (χ1v) is 4.14. The molecule has 0 aromatic rings. The second kappa shape index (κ2) is 4.06. The molecule has 1 saturated heterocycles. The van der Waals surface area contributed by atoms with Gasteiger partial charge in [-0.25, -0.2) is 0 Å². The van der Waals surface area contributed by atoms with Gasteiger partial charge in [-0.3, -0.25) is 14.5 Å². The lowest BCUT2D eigenvalue weighted by molar-refractivity contribution is -0.137. The number of carbonyl (C=O) groups is 2. The van der Waals surface area contributed by atoms with Crippen LogP contribution in [0.5, 0.6) is 0 Å². The quantitative estimate of drug-likeness (QED) is 0.357. The van der Waals surface area contributed by atoms with Crippen LogP contribution in [0, 0.1) is 12.3 Å². The van der Waals surface area contributed by atoms with Crippen LogP contribution < -0.4 is 5.32 Å². The summed E-state index contributed by atoms with van der Waals surface area (Å²) in [4.78, 5) is 23.5. The van der Waals surface area contributed by atoms with E-state index in [2.05, 4.69) is 11.2 Å². The molecule has 0 spiro atoms. The molecule has 0 aromatic heterocycles. The van der Waals surface area contributed by atoms with Gasteiger partial charge in [-0.1, -0.05) is 0 Å². The van der Waals surface area contributed by atoms with Gasteiger partial charge in [0.15, 0.2) is 0 Å². The zero-order valence-corrected chi connectivity index (χ0v) is 7.54. The fourth-order valence-corrected chi connectivity index (χ4v) is 1.23. The molecule has 4 heteroatoms. The highest BCUT2D eigenvalue weighted by Crippen LogP contribution is 2.09. The van der Waals surface area contributed by atoms with Crippen molar-refractivity contribution in [2.45, 2.75) is 18.9 Å². The molecule has 1 atom stereocenters. The Balaban J connectivity index is 2.41. The number of amides is 2. The fourth-order valence-electron chi connectivity index (χ4n) is 1.23. The average molecular weight is 180 g/mol. The van der Waals surface area contributed by atoms with E-state index in [-0.39, 0.29) is 24.3 Å². The summed E-state index contributed by atoms with van der Waals surface area (Å²) < 4.78 is 0. The Bertz CT molecular complexity index is 267. The zero-order chi connectivity index (χ0) is 9.84. The molecule has 1 fully saturated rings. The fraction of sp³-hybridized carbons (Fsp3) is 0.556. The predicted octanol–water partition coefficient (Wildman–Crippen LogP) is -0.643. The van der Waals surface area contributed by atoms with Gasteiger partial charge in [0.25, 0.3) is 0 Å². The first kappa shape index (κ1) is 9.75. The molecular weight excluding hydrogens is 168 g/mol. The van der Waals surface area contributed by atoms with Crippen LogP contribution in [-0.4, -0.2) is 36.3 Å². The Labute approximate surface area is 77.3 Å². The number of nitrogens with one attached hydrogen (secondary N) is 1. The van der Waals surface area contributed by atoms with Crippen molar-refractivity contribution in [2.75, 3.05) is 13.6 Å². The second-order valence-corrected chi connectivity index (χ2v) is 2.96. The Morgan fingerprint density at radius 3 is 2.85 bits per heavy atom. The van der Waals surface area contributed by atoms with E-state index in [0.717, 1.165) is 4.90 Å². The summed E-state index contributed by atoms with van der Waals surface area (Å²) in [6.07, 6.45) is 5.87. The van der Waals surface area contributed by atoms with Crippen LogP contribution in [0.25, 0.3) is 0 Å². The van der Waals surface area contributed by atoms with Crippen LogP contribution in [0.3, 0.4) is 0 Å². The normalized spacial score (nSPS) is 22.2. The van der Waals surface area contributed by atoms with E-state index in [1.54, 1.807) is 0 Å². The van der Waals surface area contributed by atoms with Crippen LogP contribution >= 0.6 is 0 Å². The number of likely N-dealkylation sites (N-methyl/N-ethyl adjacent to an activating group) is 1. The summed E-state index contributed by atoms with van der Waals surface area (Å²) in [5.41, 5.74) is 0. The van der Waals surface area contributed by atoms with Crippen molar-refractivity contribution in [3.05, 3.63) is 0 Å². The van der Waals surface area contributed by atoms with E-state index >= 15 is 0 Å². The maximum absolute atomic E-state index is 11.3. The minimum absolute atomic E-state index is 0.136. The van der Waals surface area contributed by atoms with E-state index in [9.17, 15) is 9.59 Å². The smallest absolute Gasteiger partial charge is 0.246 e. The number of carbonyl (C=O) groups excluding carboxylic acids is 2. The molecule has 1 N–H and O–H groups in total. The topological polar surface area (TPSA) is 49.4 Å². The lowest BCUT2D eigenvalue weighted by atomic mass is 10.2. The van der Waals surface area contributed by atoms with Gasteiger partial charge >= 0.3 is 0 Å². The zero-order valence-electron chi connectivity index (χ0n) is 7.54. The largest absolute Gasteiger partial charge is 0.304 e. The van der Waals surface area contributed by atoms with Gasteiger partial charge in [-0.15, -0.1) is 12.3 Å². The molecular formula is C9H12N2O2. The maximum atomic E-state index is 11.3. The summed E-state index contributed by atoms with van der Waals surface area (Å²) in [7, 11) is 1.49. The molecule has 0 saturated carbocycles. The molecule has 0 aliphatic carbocycles. The molecule has 2 amide bonds. The molecule has 13 heavy (non-hydrogen) atoms. The van der Waals surface area contributed by atoms with Crippen molar-refractivity contribution >= 4 is 11.8 Å². The molecule has 1 rings (SSSR count). The van der Waals surface area contributed by atoms with E-state index in [0.29, 0.717) is 13.0 Å². The number of terminal acetylenes is 1. The molecule has 0 bridgehead atoms. The Hall–Kier alpha value is -1.34. The van der Waals surface area contributed by atoms with Crippen molar-refractivity contribution in [3.8, 4) is 12.3 Å². The summed E-state index contributed by atoms with van der Waals surface area (Å²) in [5.74, 6) is 2.16. The number of hydrogen-bond acceptors (Lipinski definition) is 3. The number of nitrogens with zero attached hydrogens (tertiary/aromatic N) is 1. The van der Waals surface area contributed by atoms with Gasteiger partial charge in [0, 0.05) is 20.0 Å². The predicted molar refractivity (Wildman–Crippen MR) is 47.6 cm³/mol. The summed E-state index contributed by atoms with van der Waals surface area (Å²) in [5, 5.41) is 2.94. The molecule has 0 radical (unpaired) electrons. The minimum Gasteiger partial charge on any atom is -0.304 e. The van der Waals surface area contributed by atoms with E-state index in [4.69, 9.17) is 6.42 Å². The first-order chi connectivity index (χ1) is 6.16. The first-order valence-electron chi connectivity index (χ1n) is 4.14. The molecule has 70 valence electrons. The van der Waals surface area contributed by atoms with Gasteiger partial charge in [0.05, 0.1) is 12.5 Å². The summed E-state index contributed by atoms with van der Waals surface area (Å²) in [6.45, 7) is 0.577. The van der Waals surface area contributed by atoms with Crippen LogP contribution in [0.1, 0.15) is 12.8 Å². The van der Waals surface area contributed by atoms with Gasteiger partial charge < -0.3 is 5.32 Å². The molecule has 1 heterocycles.